The van der Waals surface area contributed by atoms with E-state index in [4.69, 9.17) is 0 Å². The molecule has 2 heterocycles. The number of likely N-dealkylation sites (tertiary alicyclic amines) is 1. The van der Waals surface area contributed by atoms with E-state index >= 15 is 0 Å². The molecule has 1 aromatic carbocycles. The third-order valence-corrected chi connectivity index (χ3v) is 8.22. The van der Waals surface area contributed by atoms with Gasteiger partial charge in [-0.2, -0.15) is 0 Å². The number of carbonyl (C=O) groups excluding carboxylic acids is 1. The van der Waals surface area contributed by atoms with Crippen molar-refractivity contribution in [3.63, 3.8) is 0 Å². The summed E-state index contributed by atoms with van der Waals surface area (Å²) in [4.78, 5) is 17.1. The quantitative estimate of drug-likeness (QED) is 0.796. The van der Waals surface area contributed by atoms with Gasteiger partial charge in [-0.25, -0.2) is 0 Å². The molecule has 3 atom stereocenters. The van der Waals surface area contributed by atoms with E-state index in [-0.39, 0.29) is 11.3 Å². The average Bonchev–Trinajstić information content (AvgIpc) is 3.27. The molecule has 3 fully saturated rings. The van der Waals surface area contributed by atoms with E-state index < -0.39 is 0 Å². The maximum Gasteiger partial charge on any atom is 0.226 e. The summed E-state index contributed by atoms with van der Waals surface area (Å²) in [7, 11) is 1.95. The lowest BCUT2D eigenvalue weighted by atomic mass is 9.69. The van der Waals surface area contributed by atoms with Crippen LogP contribution in [0.4, 0.5) is 5.69 Å². The van der Waals surface area contributed by atoms with Crippen molar-refractivity contribution in [2.75, 3.05) is 31.6 Å². The van der Waals surface area contributed by atoms with Crippen molar-refractivity contribution in [3.8, 4) is 0 Å². The maximum absolute atomic E-state index is 12.5. The van der Waals surface area contributed by atoms with E-state index in [0.717, 1.165) is 29.9 Å². The third kappa shape index (κ3) is 2.70. The number of fused-ring (bicyclic) bond motifs is 4. The molecular weight excluding hydrogens is 320 g/mol. The molecule has 3 unspecified atom stereocenters. The lowest BCUT2D eigenvalue weighted by molar-refractivity contribution is -0.118. The molecule has 3 nitrogen and oxygen atoms in total. The van der Waals surface area contributed by atoms with E-state index in [2.05, 4.69) is 29.2 Å². The SMILES string of the molecule is CN1C(=O)CCC2(CCN(CC3CC4CCC3C4)CC2)c2ccccc21. The molecule has 1 aromatic rings. The molecular formula is C23H32N2O. The van der Waals surface area contributed by atoms with Crippen LogP contribution >= 0.6 is 0 Å². The fourth-order valence-corrected chi connectivity index (χ4v) is 6.61. The zero-order valence-electron chi connectivity index (χ0n) is 16.1. The monoisotopic (exact) mass is 352 g/mol. The van der Waals surface area contributed by atoms with Gasteiger partial charge in [-0.15, -0.1) is 0 Å². The first-order valence-electron chi connectivity index (χ1n) is 10.7. The summed E-state index contributed by atoms with van der Waals surface area (Å²) in [6, 6.07) is 8.66. The van der Waals surface area contributed by atoms with Crippen LogP contribution in [0.15, 0.2) is 24.3 Å². The summed E-state index contributed by atoms with van der Waals surface area (Å²) in [6.07, 6.45) is 10.2. The standard InChI is InChI=1S/C23H32N2O/c1-24-21-5-3-2-4-20(21)23(9-8-22(24)26)10-12-25(13-11-23)16-19-15-17-6-7-18(19)14-17/h2-5,17-19H,6-16H2,1H3. The second-order valence-corrected chi connectivity index (χ2v) is 9.49. The van der Waals surface area contributed by atoms with Crippen LogP contribution in [-0.4, -0.2) is 37.5 Å². The van der Waals surface area contributed by atoms with Gasteiger partial charge >= 0.3 is 0 Å². The smallest absolute Gasteiger partial charge is 0.226 e. The van der Waals surface area contributed by atoms with Crippen LogP contribution < -0.4 is 4.90 Å². The van der Waals surface area contributed by atoms with Gasteiger partial charge in [-0.3, -0.25) is 4.79 Å². The Bertz CT molecular complexity index is 691. The summed E-state index contributed by atoms with van der Waals surface area (Å²) in [5, 5.41) is 0. The Morgan fingerprint density at radius 1 is 1.08 bits per heavy atom. The predicted octanol–water partition coefficient (Wildman–Crippen LogP) is 4.21. The van der Waals surface area contributed by atoms with Gasteiger partial charge in [-0.05, 0) is 81.0 Å². The van der Waals surface area contributed by atoms with Crippen molar-refractivity contribution >= 4 is 11.6 Å². The van der Waals surface area contributed by atoms with Gasteiger partial charge in [0, 0.05) is 31.1 Å². The van der Waals surface area contributed by atoms with E-state index in [9.17, 15) is 4.79 Å². The van der Waals surface area contributed by atoms with Gasteiger partial charge in [0.15, 0.2) is 0 Å². The van der Waals surface area contributed by atoms with Crippen molar-refractivity contribution in [2.45, 2.75) is 56.8 Å². The molecule has 1 spiro atoms. The molecule has 26 heavy (non-hydrogen) atoms. The second-order valence-electron chi connectivity index (χ2n) is 9.49. The number of piperidine rings is 1. The number of benzene rings is 1. The minimum absolute atomic E-state index is 0.211. The number of rotatable bonds is 2. The Morgan fingerprint density at radius 2 is 1.88 bits per heavy atom. The fourth-order valence-electron chi connectivity index (χ4n) is 6.61. The first kappa shape index (κ1) is 16.8. The molecule has 0 N–H and O–H groups in total. The topological polar surface area (TPSA) is 23.6 Å². The molecule has 5 rings (SSSR count). The molecule has 2 aliphatic heterocycles. The Balaban J connectivity index is 1.32. The van der Waals surface area contributed by atoms with E-state index in [1.165, 1.54) is 63.7 Å². The molecule has 140 valence electrons. The highest BCUT2D eigenvalue weighted by molar-refractivity contribution is 5.94. The van der Waals surface area contributed by atoms with Gasteiger partial charge in [0.2, 0.25) is 5.91 Å². The largest absolute Gasteiger partial charge is 0.315 e. The molecule has 0 aromatic heterocycles. The highest BCUT2D eigenvalue weighted by Crippen LogP contribution is 2.50. The molecule has 2 bridgehead atoms. The summed E-state index contributed by atoms with van der Waals surface area (Å²) in [5.74, 6) is 3.33. The number of para-hydroxylation sites is 1. The summed E-state index contributed by atoms with van der Waals surface area (Å²) in [5.41, 5.74) is 2.78. The predicted molar refractivity (Wildman–Crippen MR) is 105 cm³/mol. The zero-order valence-corrected chi connectivity index (χ0v) is 16.1. The molecule has 3 heteroatoms. The fraction of sp³-hybridized carbons (Fsp3) is 0.696. The molecule has 2 saturated carbocycles. The Hall–Kier alpha value is -1.35. The van der Waals surface area contributed by atoms with Gasteiger partial charge < -0.3 is 9.80 Å². The van der Waals surface area contributed by atoms with Crippen LogP contribution in [0.1, 0.15) is 56.9 Å². The van der Waals surface area contributed by atoms with Crippen molar-refractivity contribution < 1.29 is 4.79 Å². The first-order valence-corrected chi connectivity index (χ1v) is 10.7. The number of amides is 1. The number of hydrogen-bond donors (Lipinski definition) is 0. The van der Waals surface area contributed by atoms with Gasteiger partial charge in [0.1, 0.15) is 0 Å². The van der Waals surface area contributed by atoms with Crippen molar-refractivity contribution in [1.82, 2.24) is 4.90 Å². The van der Waals surface area contributed by atoms with Gasteiger partial charge in [0.25, 0.3) is 0 Å². The normalized spacial score (nSPS) is 33.5. The van der Waals surface area contributed by atoms with Crippen LogP contribution in [-0.2, 0) is 10.2 Å². The summed E-state index contributed by atoms with van der Waals surface area (Å²) >= 11 is 0. The lowest BCUT2D eigenvalue weighted by Gasteiger charge is -2.43. The van der Waals surface area contributed by atoms with Crippen LogP contribution in [0, 0.1) is 17.8 Å². The number of carbonyl (C=O) groups is 1. The van der Waals surface area contributed by atoms with E-state index in [1.54, 1.807) is 0 Å². The van der Waals surface area contributed by atoms with E-state index in [0.29, 0.717) is 6.42 Å². The highest BCUT2D eigenvalue weighted by atomic mass is 16.2. The van der Waals surface area contributed by atoms with Crippen LogP contribution in [0.3, 0.4) is 0 Å². The second kappa shape index (κ2) is 6.37. The van der Waals surface area contributed by atoms with Crippen molar-refractivity contribution in [1.29, 1.82) is 0 Å². The Labute approximate surface area is 157 Å². The molecule has 2 aliphatic carbocycles. The minimum atomic E-state index is 0.211. The van der Waals surface area contributed by atoms with E-state index in [1.807, 2.05) is 11.9 Å². The summed E-state index contributed by atoms with van der Waals surface area (Å²) < 4.78 is 0. The van der Waals surface area contributed by atoms with Gasteiger partial charge in [0.05, 0.1) is 0 Å². The lowest BCUT2D eigenvalue weighted by Crippen LogP contribution is -2.44. The average molecular weight is 353 g/mol. The van der Waals surface area contributed by atoms with Crippen LogP contribution in [0.5, 0.6) is 0 Å². The highest BCUT2D eigenvalue weighted by Gasteiger charge is 2.43. The number of anilines is 1. The number of hydrogen-bond acceptors (Lipinski definition) is 2. The molecule has 4 aliphatic rings. The Morgan fingerprint density at radius 3 is 2.62 bits per heavy atom. The minimum Gasteiger partial charge on any atom is -0.315 e. The van der Waals surface area contributed by atoms with Gasteiger partial charge in [-0.1, -0.05) is 24.6 Å². The van der Waals surface area contributed by atoms with Crippen LogP contribution in [0.2, 0.25) is 0 Å². The summed E-state index contributed by atoms with van der Waals surface area (Å²) in [6.45, 7) is 3.75. The van der Waals surface area contributed by atoms with Crippen molar-refractivity contribution in [2.24, 2.45) is 17.8 Å². The Kier molecular flexibility index (Phi) is 4.11. The maximum atomic E-state index is 12.5. The van der Waals surface area contributed by atoms with Crippen LogP contribution in [0.25, 0.3) is 0 Å². The third-order valence-electron chi connectivity index (χ3n) is 8.22. The molecule has 0 radical (unpaired) electrons. The molecule has 1 saturated heterocycles. The molecule has 1 amide bonds. The first-order chi connectivity index (χ1) is 12.6. The zero-order chi connectivity index (χ0) is 17.7. The van der Waals surface area contributed by atoms with Crippen molar-refractivity contribution in [3.05, 3.63) is 29.8 Å². The number of nitrogens with zero attached hydrogens (tertiary/aromatic N) is 2.